The van der Waals surface area contributed by atoms with Crippen molar-refractivity contribution in [2.45, 2.75) is 32.7 Å². The van der Waals surface area contributed by atoms with Crippen LogP contribution in [0.25, 0.3) is 0 Å². The molecule has 1 heterocycles. The number of nitrogens with one attached hydrogen (secondary N) is 1. The number of pyridine rings is 1. The van der Waals surface area contributed by atoms with E-state index < -0.39 is 0 Å². The lowest BCUT2D eigenvalue weighted by molar-refractivity contribution is 0.0949. The molecular weight excluding hydrogens is 202 g/mol. The first-order chi connectivity index (χ1) is 7.61. The van der Waals surface area contributed by atoms with E-state index in [0.29, 0.717) is 23.2 Å². The van der Waals surface area contributed by atoms with Crippen LogP contribution in [0.15, 0.2) is 12.3 Å². The van der Waals surface area contributed by atoms with Crippen LogP contribution in [0.3, 0.4) is 0 Å². The molecule has 1 fully saturated rings. The Bertz CT molecular complexity index is 417. The first kappa shape index (κ1) is 10.9. The molecule has 2 atom stereocenters. The molecule has 16 heavy (non-hydrogen) atoms. The van der Waals surface area contributed by atoms with Crippen molar-refractivity contribution < 1.29 is 4.79 Å². The summed E-state index contributed by atoms with van der Waals surface area (Å²) in [5.41, 5.74) is 7.59. The Morgan fingerprint density at radius 1 is 1.69 bits per heavy atom. The van der Waals surface area contributed by atoms with E-state index >= 15 is 0 Å². The molecule has 1 aliphatic rings. The summed E-state index contributed by atoms with van der Waals surface area (Å²) in [7, 11) is 0. The van der Waals surface area contributed by atoms with Crippen LogP contribution >= 0.6 is 0 Å². The smallest absolute Gasteiger partial charge is 0.255 e. The van der Waals surface area contributed by atoms with Crippen LogP contribution in [-0.2, 0) is 0 Å². The number of anilines is 1. The second-order valence-corrected chi connectivity index (χ2v) is 4.40. The minimum atomic E-state index is -0.106. The number of hydrogen-bond acceptors (Lipinski definition) is 3. The molecular formula is C12H17N3O. The second-order valence-electron chi connectivity index (χ2n) is 4.40. The molecule has 4 nitrogen and oxygen atoms in total. The van der Waals surface area contributed by atoms with Crippen molar-refractivity contribution in [1.29, 1.82) is 0 Å². The van der Waals surface area contributed by atoms with Crippen molar-refractivity contribution in [1.82, 2.24) is 10.3 Å². The topological polar surface area (TPSA) is 68.0 Å². The molecule has 2 rings (SSSR count). The molecule has 4 heteroatoms. The lowest BCUT2D eigenvalue weighted by Crippen LogP contribution is -2.27. The number of aryl methyl sites for hydroxylation is 1. The molecule has 1 amide bonds. The lowest BCUT2D eigenvalue weighted by atomic mass is 10.2. The van der Waals surface area contributed by atoms with Crippen molar-refractivity contribution in [2.75, 3.05) is 5.73 Å². The molecule has 0 spiro atoms. The Labute approximate surface area is 95.3 Å². The van der Waals surface area contributed by atoms with Crippen molar-refractivity contribution in [3.8, 4) is 0 Å². The Hall–Kier alpha value is -1.58. The van der Waals surface area contributed by atoms with Gasteiger partial charge in [0, 0.05) is 23.6 Å². The highest BCUT2D eigenvalue weighted by Gasteiger charge is 2.36. The molecule has 1 aromatic rings. The molecule has 86 valence electrons. The van der Waals surface area contributed by atoms with Gasteiger partial charge in [0.1, 0.15) is 0 Å². The molecule has 0 saturated heterocycles. The zero-order chi connectivity index (χ0) is 11.7. The summed E-state index contributed by atoms with van der Waals surface area (Å²) in [6.45, 7) is 3.99. The van der Waals surface area contributed by atoms with E-state index in [9.17, 15) is 4.79 Å². The van der Waals surface area contributed by atoms with Gasteiger partial charge in [-0.25, -0.2) is 0 Å². The molecule has 2 unspecified atom stereocenters. The van der Waals surface area contributed by atoms with Crippen molar-refractivity contribution >= 4 is 11.6 Å². The van der Waals surface area contributed by atoms with Gasteiger partial charge in [0.25, 0.3) is 5.91 Å². The Kier molecular flexibility index (Phi) is 2.81. The van der Waals surface area contributed by atoms with E-state index in [1.165, 1.54) is 0 Å². The minimum absolute atomic E-state index is 0.106. The van der Waals surface area contributed by atoms with E-state index in [2.05, 4.69) is 17.2 Å². The molecule has 0 aliphatic heterocycles. The van der Waals surface area contributed by atoms with E-state index in [0.717, 1.165) is 18.5 Å². The predicted molar refractivity (Wildman–Crippen MR) is 63.0 cm³/mol. The van der Waals surface area contributed by atoms with E-state index in [4.69, 9.17) is 5.73 Å². The molecule has 3 N–H and O–H groups in total. The number of amides is 1. The maximum absolute atomic E-state index is 11.9. The Morgan fingerprint density at radius 2 is 2.44 bits per heavy atom. The average Bonchev–Trinajstić information content (AvgIpc) is 2.96. The van der Waals surface area contributed by atoms with E-state index in [1.807, 2.05) is 6.92 Å². The van der Waals surface area contributed by atoms with Crippen LogP contribution in [0.1, 0.15) is 35.8 Å². The largest absolute Gasteiger partial charge is 0.398 e. The fourth-order valence-corrected chi connectivity index (χ4v) is 1.89. The third-order valence-corrected chi connectivity index (χ3v) is 3.08. The van der Waals surface area contributed by atoms with Gasteiger partial charge in [-0.05, 0) is 25.3 Å². The Balaban J connectivity index is 2.04. The first-order valence-corrected chi connectivity index (χ1v) is 5.64. The summed E-state index contributed by atoms with van der Waals surface area (Å²) in [6.07, 6.45) is 3.75. The number of carbonyl (C=O) groups excluding carboxylic acids is 1. The maximum Gasteiger partial charge on any atom is 0.255 e. The zero-order valence-electron chi connectivity index (χ0n) is 9.66. The lowest BCUT2D eigenvalue weighted by Gasteiger charge is -2.07. The van der Waals surface area contributed by atoms with Gasteiger partial charge < -0.3 is 11.1 Å². The summed E-state index contributed by atoms with van der Waals surface area (Å²) in [4.78, 5) is 15.9. The molecule has 0 aromatic carbocycles. The average molecular weight is 219 g/mol. The summed E-state index contributed by atoms with van der Waals surface area (Å²) < 4.78 is 0. The summed E-state index contributed by atoms with van der Waals surface area (Å²) in [5, 5.41) is 2.97. The van der Waals surface area contributed by atoms with Gasteiger partial charge in [-0.2, -0.15) is 0 Å². The zero-order valence-corrected chi connectivity index (χ0v) is 9.66. The van der Waals surface area contributed by atoms with Crippen LogP contribution in [0.5, 0.6) is 0 Å². The summed E-state index contributed by atoms with van der Waals surface area (Å²) >= 11 is 0. The van der Waals surface area contributed by atoms with Crippen LogP contribution in [-0.4, -0.2) is 16.9 Å². The predicted octanol–water partition coefficient (Wildman–Crippen LogP) is 1.50. The summed E-state index contributed by atoms with van der Waals surface area (Å²) in [5.74, 6) is 0.537. The third-order valence-electron chi connectivity index (χ3n) is 3.08. The normalized spacial score (nSPS) is 22.9. The van der Waals surface area contributed by atoms with Gasteiger partial charge in [0.05, 0.1) is 5.56 Å². The van der Waals surface area contributed by atoms with Crippen molar-refractivity contribution in [3.63, 3.8) is 0 Å². The maximum atomic E-state index is 11.9. The van der Waals surface area contributed by atoms with Gasteiger partial charge in [-0.1, -0.05) is 13.3 Å². The highest BCUT2D eigenvalue weighted by molar-refractivity contribution is 5.99. The van der Waals surface area contributed by atoms with Crippen LogP contribution in [0.2, 0.25) is 0 Å². The third kappa shape index (κ3) is 2.15. The highest BCUT2D eigenvalue weighted by Crippen LogP contribution is 2.33. The van der Waals surface area contributed by atoms with Gasteiger partial charge in [0.15, 0.2) is 0 Å². The fraction of sp³-hybridized carbons (Fsp3) is 0.500. The van der Waals surface area contributed by atoms with Gasteiger partial charge in [-0.15, -0.1) is 0 Å². The first-order valence-electron chi connectivity index (χ1n) is 5.64. The minimum Gasteiger partial charge on any atom is -0.398 e. The van der Waals surface area contributed by atoms with Crippen LogP contribution in [0.4, 0.5) is 5.69 Å². The molecule has 1 aromatic heterocycles. The fourth-order valence-electron chi connectivity index (χ4n) is 1.89. The Morgan fingerprint density at radius 3 is 3.00 bits per heavy atom. The highest BCUT2D eigenvalue weighted by atomic mass is 16.1. The quantitative estimate of drug-likeness (QED) is 0.809. The van der Waals surface area contributed by atoms with Gasteiger partial charge in [0.2, 0.25) is 0 Å². The molecule has 0 radical (unpaired) electrons. The molecule has 1 saturated carbocycles. The number of aromatic nitrogens is 1. The van der Waals surface area contributed by atoms with Gasteiger partial charge >= 0.3 is 0 Å². The standard InChI is InChI=1S/C12H17N3O/c1-3-8-5-11(8)15-12(16)9-6-14-7(2)4-10(9)13/h4,6,8,11H,3,5H2,1-2H3,(H2,13,14)(H,15,16). The van der Waals surface area contributed by atoms with E-state index in [-0.39, 0.29) is 5.91 Å². The number of nitrogens with zero attached hydrogens (tertiary/aromatic N) is 1. The van der Waals surface area contributed by atoms with Crippen molar-refractivity contribution in [2.24, 2.45) is 5.92 Å². The molecule has 0 bridgehead atoms. The summed E-state index contributed by atoms with van der Waals surface area (Å²) in [6, 6.07) is 2.05. The number of nitrogen functional groups attached to an aromatic ring is 1. The number of nitrogens with two attached hydrogens (primary N) is 1. The number of hydrogen-bond donors (Lipinski definition) is 2. The molecule has 1 aliphatic carbocycles. The number of rotatable bonds is 3. The second kappa shape index (κ2) is 4.12. The van der Waals surface area contributed by atoms with Crippen LogP contribution in [0, 0.1) is 12.8 Å². The van der Waals surface area contributed by atoms with Crippen LogP contribution < -0.4 is 11.1 Å². The van der Waals surface area contributed by atoms with Gasteiger partial charge in [-0.3, -0.25) is 9.78 Å². The number of carbonyl (C=O) groups is 1. The van der Waals surface area contributed by atoms with Crippen molar-refractivity contribution in [3.05, 3.63) is 23.5 Å². The monoisotopic (exact) mass is 219 g/mol. The van der Waals surface area contributed by atoms with E-state index in [1.54, 1.807) is 12.3 Å². The SMILES string of the molecule is CCC1CC1NC(=O)c1cnc(C)cc1N.